The first-order valence-electron chi connectivity index (χ1n) is 6.43. The second-order valence-corrected chi connectivity index (χ2v) is 5.18. The Labute approximate surface area is 115 Å². The molecule has 1 unspecified atom stereocenters. The zero-order valence-electron chi connectivity index (χ0n) is 11.4. The van der Waals surface area contributed by atoms with Crippen LogP contribution >= 0.6 is 0 Å². The molecule has 2 aromatic heterocycles. The highest BCUT2D eigenvalue weighted by Gasteiger charge is 2.42. The maximum Gasteiger partial charge on any atom is 0.249 e. The number of hydrogen-bond donors (Lipinski definition) is 1. The van der Waals surface area contributed by atoms with E-state index in [0.717, 1.165) is 5.76 Å². The highest BCUT2D eigenvalue weighted by Crippen LogP contribution is 2.30. The smallest absolute Gasteiger partial charge is 0.249 e. The largest absolute Gasteiger partial charge is 0.458 e. The highest BCUT2D eigenvalue weighted by atomic mass is 16.5. The molecule has 0 aromatic carbocycles. The summed E-state index contributed by atoms with van der Waals surface area (Å²) in [7, 11) is 0. The monoisotopic (exact) mass is 276 g/mol. The molecule has 3 rings (SSSR count). The number of nitrogens with zero attached hydrogens (tertiary/aromatic N) is 3. The topological polar surface area (TPSA) is 98.4 Å². The molecule has 0 spiro atoms. The third-order valence-corrected chi connectivity index (χ3v) is 3.56. The van der Waals surface area contributed by atoms with Gasteiger partial charge in [-0.2, -0.15) is 4.98 Å². The van der Waals surface area contributed by atoms with Crippen LogP contribution in [0.15, 0.2) is 21.1 Å². The lowest BCUT2D eigenvalue weighted by atomic mass is 10.0. The molecular weight excluding hydrogens is 260 g/mol. The fraction of sp³-hybridized carbons (Fsp3) is 0.462. The third kappa shape index (κ3) is 2.09. The molecule has 106 valence electrons. The first-order chi connectivity index (χ1) is 9.48. The van der Waals surface area contributed by atoms with E-state index in [9.17, 15) is 4.79 Å². The fourth-order valence-corrected chi connectivity index (χ4v) is 2.36. The SMILES string of the molecule is CC(=O)N1CCC(N)(c2nc(-c3ccc(C)o3)no2)C1. The molecule has 0 radical (unpaired) electrons. The zero-order chi connectivity index (χ0) is 14.3. The van der Waals surface area contributed by atoms with Gasteiger partial charge in [0.1, 0.15) is 11.3 Å². The summed E-state index contributed by atoms with van der Waals surface area (Å²) in [5.41, 5.74) is 5.51. The van der Waals surface area contributed by atoms with Gasteiger partial charge < -0.3 is 19.6 Å². The Morgan fingerprint density at radius 2 is 2.30 bits per heavy atom. The van der Waals surface area contributed by atoms with Crippen LogP contribution in [0.1, 0.15) is 25.0 Å². The molecule has 1 saturated heterocycles. The van der Waals surface area contributed by atoms with Crippen LogP contribution in [-0.2, 0) is 10.3 Å². The molecule has 0 saturated carbocycles. The Hall–Kier alpha value is -2.15. The first-order valence-corrected chi connectivity index (χ1v) is 6.43. The van der Waals surface area contributed by atoms with Gasteiger partial charge in [-0.1, -0.05) is 5.16 Å². The van der Waals surface area contributed by atoms with Crippen molar-refractivity contribution in [1.82, 2.24) is 15.0 Å². The van der Waals surface area contributed by atoms with Gasteiger partial charge in [0.05, 0.1) is 0 Å². The number of aromatic nitrogens is 2. The normalized spacial score (nSPS) is 22.4. The maximum absolute atomic E-state index is 11.4. The minimum Gasteiger partial charge on any atom is -0.458 e. The van der Waals surface area contributed by atoms with Crippen molar-refractivity contribution >= 4 is 5.91 Å². The van der Waals surface area contributed by atoms with Crippen molar-refractivity contribution in [2.45, 2.75) is 25.8 Å². The molecule has 20 heavy (non-hydrogen) atoms. The van der Waals surface area contributed by atoms with Crippen LogP contribution in [0.3, 0.4) is 0 Å². The quantitative estimate of drug-likeness (QED) is 0.880. The standard InChI is InChI=1S/C13H16N4O3/c1-8-3-4-10(19-8)11-15-12(20-16-11)13(14)5-6-17(7-13)9(2)18/h3-4H,5-7,14H2,1-2H3. The minimum absolute atomic E-state index is 0.00118. The predicted octanol–water partition coefficient (Wildman–Crippen LogP) is 1.04. The molecule has 1 atom stereocenters. The van der Waals surface area contributed by atoms with Crippen molar-refractivity contribution < 1.29 is 13.7 Å². The molecule has 7 nitrogen and oxygen atoms in total. The maximum atomic E-state index is 11.4. The summed E-state index contributed by atoms with van der Waals surface area (Å²) in [5.74, 6) is 2.03. The molecular formula is C13H16N4O3. The van der Waals surface area contributed by atoms with Crippen LogP contribution in [0.2, 0.25) is 0 Å². The van der Waals surface area contributed by atoms with E-state index in [1.54, 1.807) is 11.0 Å². The van der Waals surface area contributed by atoms with Crippen molar-refractivity contribution in [3.8, 4) is 11.6 Å². The van der Waals surface area contributed by atoms with Gasteiger partial charge in [-0.05, 0) is 25.5 Å². The van der Waals surface area contributed by atoms with E-state index in [-0.39, 0.29) is 5.91 Å². The molecule has 2 N–H and O–H groups in total. The van der Waals surface area contributed by atoms with Gasteiger partial charge in [-0.3, -0.25) is 4.79 Å². The van der Waals surface area contributed by atoms with Crippen LogP contribution in [-0.4, -0.2) is 34.0 Å². The number of nitrogens with two attached hydrogens (primary N) is 1. The number of likely N-dealkylation sites (tertiary alicyclic amines) is 1. The molecule has 1 aliphatic rings. The van der Waals surface area contributed by atoms with Crippen molar-refractivity contribution in [3.63, 3.8) is 0 Å². The number of carbonyl (C=O) groups is 1. The van der Waals surface area contributed by atoms with E-state index in [1.807, 2.05) is 13.0 Å². The zero-order valence-corrected chi connectivity index (χ0v) is 11.4. The Morgan fingerprint density at radius 1 is 1.50 bits per heavy atom. The highest BCUT2D eigenvalue weighted by molar-refractivity contribution is 5.73. The Balaban J connectivity index is 1.85. The molecule has 1 aliphatic heterocycles. The number of furan rings is 1. The van der Waals surface area contributed by atoms with Gasteiger partial charge in [0.25, 0.3) is 0 Å². The van der Waals surface area contributed by atoms with Gasteiger partial charge in [-0.25, -0.2) is 0 Å². The van der Waals surface area contributed by atoms with Gasteiger partial charge in [0, 0.05) is 20.0 Å². The number of amides is 1. The Morgan fingerprint density at radius 3 is 2.90 bits per heavy atom. The van der Waals surface area contributed by atoms with E-state index in [2.05, 4.69) is 10.1 Å². The summed E-state index contributed by atoms with van der Waals surface area (Å²) in [4.78, 5) is 17.4. The van der Waals surface area contributed by atoms with Gasteiger partial charge in [0.2, 0.25) is 17.6 Å². The first kappa shape index (κ1) is 12.9. The lowest BCUT2D eigenvalue weighted by Gasteiger charge is -2.19. The number of hydrogen-bond acceptors (Lipinski definition) is 6. The van der Waals surface area contributed by atoms with Crippen LogP contribution < -0.4 is 5.73 Å². The fourth-order valence-electron chi connectivity index (χ4n) is 2.36. The third-order valence-electron chi connectivity index (χ3n) is 3.56. The predicted molar refractivity (Wildman–Crippen MR) is 69.5 cm³/mol. The summed E-state index contributed by atoms with van der Waals surface area (Å²) < 4.78 is 10.7. The number of aryl methyl sites for hydroxylation is 1. The average Bonchev–Trinajstić information content (AvgIpc) is 3.07. The average molecular weight is 276 g/mol. The van der Waals surface area contributed by atoms with Crippen LogP contribution in [0, 0.1) is 6.92 Å². The summed E-state index contributed by atoms with van der Waals surface area (Å²) >= 11 is 0. The molecule has 2 aromatic rings. The van der Waals surface area contributed by atoms with Gasteiger partial charge in [-0.15, -0.1) is 0 Å². The van der Waals surface area contributed by atoms with Crippen molar-refractivity contribution in [3.05, 3.63) is 23.8 Å². The van der Waals surface area contributed by atoms with E-state index < -0.39 is 5.54 Å². The summed E-state index contributed by atoms with van der Waals surface area (Å²) in [5, 5.41) is 3.90. The number of rotatable bonds is 2. The van der Waals surface area contributed by atoms with Crippen molar-refractivity contribution in [2.24, 2.45) is 5.73 Å². The Kier molecular flexibility index (Phi) is 2.86. The van der Waals surface area contributed by atoms with E-state index in [0.29, 0.717) is 37.0 Å². The number of carbonyl (C=O) groups excluding carboxylic acids is 1. The Bertz CT molecular complexity index is 648. The van der Waals surface area contributed by atoms with Gasteiger partial charge in [0.15, 0.2) is 5.76 Å². The lowest BCUT2D eigenvalue weighted by molar-refractivity contribution is -0.128. The molecule has 7 heteroatoms. The van der Waals surface area contributed by atoms with Crippen LogP contribution in [0.4, 0.5) is 0 Å². The minimum atomic E-state index is -0.779. The van der Waals surface area contributed by atoms with Crippen molar-refractivity contribution in [1.29, 1.82) is 0 Å². The van der Waals surface area contributed by atoms with Gasteiger partial charge >= 0.3 is 0 Å². The lowest BCUT2D eigenvalue weighted by Crippen LogP contribution is -2.41. The summed E-state index contributed by atoms with van der Waals surface area (Å²) in [6.07, 6.45) is 0.603. The molecule has 1 amide bonds. The molecule has 0 aliphatic carbocycles. The van der Waals surface area contributed by atoms with Crippen LogP contribution in [0.5, 0.6) is 0 Å². The van der Waals surface area contributed by atoms with E-state index >= 15 is 0 Å². The second kappa shape index (κ2) is 4.45. The molecule has 0 bridgehead atoms. The molecule has 3 heterocycles. The molecule has 1 fully saturated rings. The second-order valence-electron chi connectivity index (χ2n) is 5.18. The van der Waals surface area contributed by atoms with Crippen LogP contribution in [0.25, 0.3) is 11.6 Å². The van der Waals surface area contributed by atoms with E-state index in [1.165, 1.54) is 6.92 Å². The van der Waals surface area contributed by atoms with E-state index in [4.69, 9.17) is 14.7 Å². The van der Waals surface area contributed by atoms with Crippen molar-refractivity contribution in [2.75, 3.05) is 13.1 Å². The summed E-state index contributed by atoms with van der Waals surface area (Å²) in [6, 6.07) is 3.61. The summed E-state index contributed by atoms with van der Waals surface area (Å²) in [6.45, 7) is 4.36.